The predicted molar refractivity (Wildman–Crippen MR) is 68.2 cm³/mol. The van der Waals surface area contributed by atoms with Crippen LogP contribution in [0.25, 0.3) is 0 Å². The molecule has 0 radical (unpaired) electrons. The lowest BCUT2D eigenvalue weighted by Crippen LogP contribution is -2.11. The van der Waals surface area contributed by atoms with Crippen molar-refractivity contribution in [3.8, 4) is 0 Å². The molecule has 2 aliphatic carbocycles. The van der Waals surface area contributed by atoms with E-state index >= 15 is 0 Å². The van der Waals surface area contributed by atoms with Gasteiger partial charge in [0.05, 0.1) is 6.61 Å². The minimum absolute atomic E-state index is 0.0719. The summed E-state index contributed by atoms with van der Waals surface area (Å²) < 4.78 is 5.31. The maximum Gasteiger partial charge on any atom is 0.334 e. The summed E-state index contributed by atoms with van der Waals surface area (Å²) in [4.78, 5) is 23.6. The van der Waals surface area contributed by atoms with E-state index in [9.17, 15) is 14.7 Å². The first-order valence-corrected chi connectivity index (χ1v) is 6.22. The molecular formula is C15H14O4. The lowest BCUT2D eigenvalue weighted by atomic mass is 9.99. The van der Waals surface area contributed by atoms with E-state index < -0.39 is 0 Å². The van der Waals surface area contributed by atoms with Crippen LogP contribution in [-0.2, 0) is 14.3 Å². The normalized spacial score (nSPS) is 25.9. The number of rotatable bonds is 1. The minimum atomic E-state index is -0.300. The van der Waals surface area contributed by atoms with E-state index in [4.69, 9.17) is 4.74 Å². The molecule has 3 aliphatic rings. The predicted octanol–water partition coefficient (Wildman–Crippen LogP) is 1.38. The molecule has 1 unspecified atom stereocenters. The number of fused-ring (bicyclic) bond motifs is 2. The van der Waals surface area contributed by atoms with Crippen LogP contribution in [0.1, 0.15) is 20.3 Å². The Balaban J connectivity index is 2.20. The summed E-state index contributed by atoms with van der Waals surface area (Å²) in [5.74, 6) is -0.371. The highest BCUT2D eigenvalue weighted by Crippen LogP contribution is 2.40. The van der Waals surface area contributed by atoms with Crippen molar-refractivity contribution in [2.24, 2.45) is 0 Å². The number of allylic oxidation sites excluding steroid dienone is 2. The van der Waals surface area contributed by atoms with Crippen molar-refractivity contribution in [2.45, 2.75) is 26.4 Å². The van der Waals surface area contributed by atoms with Gasteiger partial charge in [0, 0.05) is 23.1 Å². The zero-order chi connectivity index (χ0) is 13.7. The van der Waals surface area contributed by atoms with Crippen LogP contribution in [0, 0.1) is 0 Å². The molecule has 1 N–H and O–H groups in total. The largest absolute Gasteiger partial charge is 0.454 e. The van der Waals surface area contributed by atoms with Gasteiger partial charge in [0.25, 0.3) is 0 Å². The van der Waals surface area contributed by atoms with Gasteiger partial charge in [-0.15, -0.1) is 0 Å². The molecule has 4 heteroatoms. The quantitative estimate of drug-likeness (QED) is 0.722. The Morgan fingerprint density at radius 3 is 2.74 bits per heavy atom. The molecule has 0 aromatic rings. The van der Waals surface area contributed by atoms with E-state index in [-0.39, 0.29) is 24.5 Å². The zero-order valence-electron chi connectivity index (χ0n) is 10.8. The van der Waals surface area contributed by atoms with Crippen LogP contribution in [0.4, 0.5) is 0 Å². The topological polar surface area (TPSA) is 63.6 Å². The third kappa shape index (κ3) is 1.64. The van der Waals surface area contributed by atoms with Gasteiger partial charge in [-0.2, -0.15) is 0 Å². The highest BCUT2D eigenvalue weighted by molar-refractivity contribution is 6.14. The van der Waals surface area contributed by atoms with Crippen molar-refractivity contribution in [1.29, 1.82) is 0 Å². The first-order valence-electron chi connectivity index (χ1n) is 6.22. The molecular weight excluding hydrogens is 244 g/mol. The molecule has 0 amide bonds. The molecule has 1 aliphatic heterocycles. The molecule has 0 bridgehead atoms. The van der Waals surface area contributed by atoms with Gasteiger partial charge in [0.2, 0.25) is 0 Å². The van der Waals surface area contributed by atoms with Gasteiger partial charge in [0.1, 0.15) is 6.10 Å². The van der Waals surface area contributed by atoms with Gasteiger partial charge >= 0.3 is 5.97 Å². The summed E-state index contributed by atoms with van der Waals surface area (Å²) >= 11 is 0. The lowest BCUT2D eigenvalue weighted by molar-refractivity contribution is -0.139. The average Bonchev–Trinajstić information content (AvgIpc) is 2.75. The summed E-state index contributed by atoms with van der Waals surface area (Å²) in [6.45, 7) is 3.42. The van der Waals surface area contributed by atoms with Gasteiger partial charge in [-0.3, -0.25) is 4.79 Å². The van der Waals surface area contributed by atoms with E-state index in [0.29, 0.717) is 23.1 Å². The molecule has 19 heavy (non-hydrogen) atoms. The maximum absolute atomic E-state index is 12.0. The van der Waals surface area contributed by atoms with Gasteiger partial charge in [-0.1, -0.05) is 5.57 Å². The van der Waals surface area contributed by atoms with Gasteiger partial charge in [-0.25, -0.2) is 4.79 Å². The molecule has 0 fully saturated rings. The number of carbonyl (C=O) groups excluding carboxylic acids is 2. The van der Waals surface area contributed by atoms with Crippen LogP contribution < -0.4 is 0 Å². The second kappa shape index (κ2) is 4.03. The van der Waals surface area contributed by atoms with Gasteiger partial charge in [-0.05, 0) is 37.1 Å². The molecule has 0 aromatic heterocycles. The van der Waals surface area contributed by atoms with Crippen LogP contribution >= 0.6 is 0 Å². The van der Waals surface area contributed by atoms with E-state index in [1.165, 1.54) is 6.08 Å². The summed E-state index contributed by atoms with van der Waals surface area (Å²) in [6.07, 6.45) is 3.53. The Bertz CT molecular complexity index is 629. The van der Waals surface area contributed by atoms with E-state index in [1.54, 1.807) is 6.92 Å². The minimum Gasteiger partial charge on any atom is -0.454 e. The van der Waals surface area contributed by atoms with Gasteiger partial charge < -0.3 is 9.84 Å². The van der Waals surface area contributed by atoms with E-state index in [1.807, 2.05) is 13.0 Å². The Morgan fingerprint density at radius 1 is 1.32 bits per heavy atom. The van der Waals surface area contributed by atoms with Gasteiger partial charge in [0.15, 0.2) is 5.78 Å². The number of carbonyl (C=O) groups is 2. The monoisotopic (exact) mass is 258 g/mol. The number of aliphatic hydroxyl groups excluding tert-OH is 1. The first kappa shape index (κ1) is 12.1. The molecule has 1 atom stereocenters. The van der Waals surface area contributed by atoms with Crippen LogP contribution in [0.5, 0.6) is 0 Å². The highest BCUT2D eigenvalue weighted by atomic mass is 16.5. The fourth-order valence-corrected chi connectivity index (χ4v) is 2.87. The number of aliphatic hydroxyl groups is 1. The first-order chi connectivity index (χ1) is 9.02. The molecule has 0 saturated heterocycles. The van der Waals surface area contributed by atoms with Crippen molar-refractivity contribution >= 4 is 11.8 Å². The molecule has 98 valence electrons. The molecule has 1 heterocycles. The standard InChI is InChI=1S/C15H14O4/c1-7-3-13-10(8(2)15(18)19-13)5-11-9(6-16)4-12(17)14(7)11/h4-5,13,16H,3,6H2,1-2H3. The number of ether oxygens (including phenoxy) is 1. The third-order valence-electron chi connectivity index (χ3n) is 3.89. The third-order valence-corrected chi connectivity index (χ3v) is 3.89. The Kier molecular flexibility index (Phi) is 2.57. The Labute approximate surface area is 110 Å². The van der Waals surface area contributed by atoms with E-state index in [0.717, 1.165) is 16.7 Å². The smallest absolute Gasteiger partial charge is 0.334 e. The molecule has 0 saturated carbocycles. The molecule has 4 nitrogen and oxygen atoms in total. The van der Waals surface area contributed by atoms with E-state index in [2.05, 4.69) is 0 Å². The summed E-state index contributed by atoms with van der Waals surface area (Å²) in [5, 5.41) is 9.36. The van der Waals surface area contributed by atoms with Crippen LogP contribution in [0.15, 0.2) is 45.6 Å². The zero-order valence-corrected chi connectivity index (χ0v) is 10.8. The molecule has 0 spiro atoms. The summed E-state index contributed by atoms with van der Waals surface area (Å²) in [6, 6.07) is 0. The van der Waals surface area contributed by atoms with Crippen LogP contribution in [0.2, 0.25) is 0 Å². The highest BCUT2D eigenvalue weighted by Gasteiger charge is 2.36. The number of hydrogen-bond acceptors (Lipinski definition) is 4. The summed E-state index contributed by atoms with van der Waals surface area (Å²) in [7, 11) is 0. The Morgan fingerprint density at radius 2 is 2.05 bits per heavy atom. The SMILES string of the molecule is CC1=C2C(=O)C=C(CO)C2=CC2=C(C)C(=O)OC2C1. The molecule has 0 aromatic carbocycles. The second-order valence-electron chi connectivity index (χ2n) is 5.08. The average molecular weight is 258 g/mol. The maximum atomic E-state index is 12.0. The summed E-state index contributed by atoms with van der Waals surface area (Å²) in [5.41, 5.74) is 4.31. The van der Waals surface area contributed by atoms with Crippen LogP contribution in [0.3, 0.4) is 0 Å². The number of ketones is 1. The second-order valence-corrected chi connectivity index (χ2v) is 5.08. The van der Waals surface area contributed by atoms with Crippen LogP contribution in [-0.4, -0.2) is 29.6 Å². The fraction of sp³-hybridized carbons (Fsp3) is 0.333. The van der Waals surface area contributed by atoms with Crippen molar-refractivity contribution in [1.82, 2.24) is 0 Å². The Hall–Kier alpha value is -1.94. The van der Waals surface area contributed by atoms with Crippen molar-refractivity contribution < 1.29 is 19.4 Å². The fourth-order valence-electron chi connectivity index (χ4n) is 2.87. The van der Waals surface area contributed by atoms with Crippen molar-refractivity contribution in [2.75, 3.05) is 6.61 Å². The number of hydrogen-bond donors (Lipinski definition) is 1. The van der Waals surface area contributed by atoms with Crippen molar-refractivity contribution in [3.63, 3.8) is 0 Å². The lowest BCUT2D eigenvalue weighted by Gasteiger charge is -2.10. The molecule has 3 rings (SSSR count). The van der Waals surface area contributed by atoms with Crippen molar-refractivity contribution in [3.05, 3.63) is 45.6 Å². The number of esters is 1.